The highest BCUT2D eigenvalue weighted by Gasteiger charge is 2.23. The number of methoxy groups -OCH3 is 1. The second-order valence-corrected chi connectivity index (χ2v) is 6.13. The van der Waals surface area contributed by atoms with Crippen molar-refractivity contribution in [2.24, 2.45) is 0 Å². The molecule has 7 heteroatoms. The monoisotopic (exact) mass is 364 g/mol. The van der Waals surface area contributed by atoms with Gasteiger partial charge in [-0.2, -0.15) is 0 Å². The fourth-order valence-corrected chi connectivity index (χ4v) is 3.05. The zero-order valence-corrected chi connectivity index (χ0v) is 15.0. The van der Waals surface area contributed by atoms with Crippen LogP contribution < -0.4 is 9.64 Å². The molecule has 3 aromatic rings. The van der Waals surface area contributed by atoms with Gasteiger partial charge < -0.3 is 9.47 Å². The van der Waals surface area contributed by atoms with Crippen LogP contribution >= 0.6 is 0 Å². The van der Waals surface area contributed by atoms with Crippen molar-refractivity contribution in [2.75, 3.05) is 31.8 Å². The minimum atomic E-state index is 0.0182. The number of aromatic nitrogens is 3. The van der Waals surface area contributed by atoms with Crippen LogP contribution in [0.5, 0.6) is 5.88 Å². The SMILES string of the molecule is COc1ccc(-n2nc(N3CCOCCC3=O)cc2-c2ccccc2)cn1. The van der Waals surface area contributed by atoms with Crippen molar-refractivity contribution in [2.45, 2.75) is 6.42 Å². The van der Waals surface area contributed by atoms with E-state index >= 15 is 0 Å². The Morgan fingerprint density at radius 3 is 2.70 bits per heavy atom. The summed E-state index contributed by atoms with van der Waals surface area (Å²) < 4.78 is 12.4. The standard InChI is InChI=1S/C20H20N4O3/c1-26-19-8-7-16(14-21-19)24-17(15-5-3-2-4-6-15)13-18(22-24)23-10-12-27-11-9-20(23)25/h2-8,13-14H,9-12H2,1H3. The summed E-state index contributed by atoms with van der Waals surface area (Å²) >= 11 is 0. The van der Waals surface area contributed by atoms with E-state index in [9.17, 15) is 4.79 Å². The predicted octanol–water partition coefficient (Wildman–Crippen LogP) is 2.70. The Bertz CT molecular complexity index is 922. The van der Waals surface area contributed by atoms with Gasteiger partial charge in [-0.1, -0.05) is 30.3 Å². The summed E-state index contributed by atoms with van der Waals surface area (Å²) in [5.41, 5.74) is 2.68. The number of anilines is 1. The van der Waals surface area contributed by atoms with Crippen LogP contribution in [0, 0.1) is 0 Å². The third kappa shape index (κ3) is 3.54. The maximum absolute atomic E-state index is 12.5. The molecule has 1 aromatic carbocycles. The van der Waals surface area contributed by atoms with Crippen molar-refractivity contribution in [3.63, 3.8) is 0 Å². The normalized spacial score (nSPS) is 14.9. The number of hydrogen-bond acceptors (Lipinski definition) is 5. The maximum Gasteiger partial charge on any atom is 0.230 e. The van der Waals surface area contributed by atoms with E-state index in [-0.39, 0.29) is 5.91 Å². The van der Waals surface area contributed by atoms with Gasteiger partial charge in [-0.05, 0) is 6.07 Å². The van der Waals surface area contributed by atoms with Crippen LogP contribution in [-0.4, -0.2) is 47.5 Å². The molecular weight excluding hydrogens is 344 g/mol. The van der Waals surface area contributed by atoms with Gasteiger partial charge in [0.1, 0.15) is 0 Å². The minimum absolute atomic E-state index is 0.0182. The number of hydrogen-bond donors (Lipinski definition) is 0. The van der Waals surface area contributed by atoms with E-state index in [2.05, 4.69) is 4.98 Å². The van der Waals surface area contributed by atoms with Crippen molar-refractivity contribution in [1.29, 1.82) is 0 Å². The lowest BCUT2D eigenvalue weighted by Gasteiger charge is -2.16. The van der Waals surface area contributed by atoms with E-state index in [0.717, 1.165) is 16.9 Å². The Kier molecular flexibility index (Phi) is 4.84. The molecule has 0 unspecified atom stereocenters. The molecule has 0 atom stereocenters. The van der Waals surface area contributed by atoms with Crippen LogP contribution in [-0.2, 0) is 9.53 Å². The maximum atomic E-state index is 12.5. The number of ether oxygens (including phenoxy) is 2. The summed E-state index contributed by atoms with van der Waals surface area (Å²) in [4.78, 5) is 18.4. The summed E-state index contributed by atoms with van der Waals surface area (Å²) in [5, 5.41) is 4.71. The molecule has 0 radical (unpaired) electrons. The molecular formula is C20H20N4O3. The molecule has 1 aliphatic heterocycles. The first-order chi connectivity index (χ1) is 13.3. The molecule has 0 spiro atoms. The van der Waals surface area contributed by atoms with E-state index in [1.807, 2.05) is 42.5 Å². The molecule has 1 amide bonds. The Hall–Kier alpha value is -3.19. The fraction of sp³-hybridized carbons (Fsp3) is 0.250. The first-order valence-corrected chi connectivity index (χ1v) is 8.80. The van der Waals surface area contributed by atoms with Crippen molar-refractivity contribution in [3.05, 3.63) is 54.7 Å². The van der Waals surface area contributed by atoms with Crippen molar-refractivity contribution in [3.8, 4) is 22.8 Å². The number of pyridine rings is 1. The fourth-order valence-electron chi connectivity index (χ4n) is 3.05. The molecule has 3 heterocycles. The zero-order valence-electron chi connectivity index (χ0n) is 15.0. The molecule has 27 heavy (non-hydrogen) atoms. The van der Waals surface area contributed by atoms with E-state index in [1.54, 1.807) is 29.0 Å². The van der Waals surface area contributed by atoms with Crippen molar-refractivity contribution in [1.82, 2.24) is 14.8 Å². The smallest absolute Gasteiger partial charge is 0.230 e. The molecule has 1 fully saturated rings. The number of rotatable bonds is 4. The first kappa shape index (κ1) is 17.2. The summed E-state index contributed by atoms with van der Waals surface area (Å²) in [6.07, 6.45) is 2.06. The molecule has 138 valence electrons. The zero-order chi connectivity index (χ0) is 18.6. The number of amides is 1. The van der Waals surface area contributed by atoms with Gasteiger partial charge in [-0.3, -0.25) is 9.69 Å². The average Bonchev–Trinajstić information content (AvgIpc) is 3.05. The topological polar surface area (TPSA) is 69.5 Å². The van der Waals surface area contributed by atoms with Crippen LogP contribution in [0.4, 0.5) is 5.82 Å². The van der Waals surface area contributed by atoms with Crippen LogP contribution in [0.3, 0.4) is 0 Å². The summed E-state index contributed by atoms with van der Waals surface area (Å²) in [5.74, 6) is 1.16. The van der Waals surface area contributed by atoms with Gasteiger partial charge >= 0.3 is 0 Å². The number of carbonyl (C=O) groups excluding carboxylic acids is 1. The van der Waals surface area contributed by atoms with Crippen LogP contribution in [0.1, 0.15) is 6.42 Å². The van der Waals surface area contributed by atoms with Gasteiger partial charge in [0.2, 0.25) is 11.8 Å². The van der Waals surface area contributed by atoms with Gasteiger partial charge in [0.15, 0.2) is 5.82 Å². The van der Waals surface area contributed by atoms with E-state index in [4.69, 9.17) is 14.6 Å². The van der Waals surface area contributed by atoms with Crippen LogP contribution in [0.15, 0.2) is 54.7 Å². The quantitative estimate of drug-likeness (QED) is 0.712. The van der Waals surface area contributed by atoms with Crippen LogP contribution in [0.25, 0.3) is 16.9 Å². The van der Waals surface area contributed by atoms with Crippen LogP contribution in [0.2, 0.25) is 0 Å². The largest absolute Gasteiger partial charge is 0.481 e. The first-order valence-electron chi connectivity index (χ1n) is 8.80. The highest BCUT2D eigenvalue weighted by atomic mass is 16.5. The van der Waals surface area contributed by atoms with Gasteiger partial charge in [-0.25, -0.2) is 9.67 Å². The summed E-state index contributed by atoms with van der Waals surface area (Å²) in [7, 11) is 1.58. The summed E-state index contributed by atoms with van der Waals surface area (Å²) in [6, 6.07) is 15.6. The molecule has 0 N–H and O–H groups in total. The number of carbonyl (C=O) groups is 1. The molecule has 4 rings (SSSR count). The van der Waals surface area contributed by atoms with Gasteiger partial charge in [0, 0.05) is 17.7 Å². The molecule has 1 saturated heterocycles. The lowest BCUT2D eigenvalue weighted by molar-refractivity contribution is -0.118. The summed E-state index contributed by atoms with van der Waals surface area (Å²) in [6.45, 7) is 1.44. The van der Waals surface area contributed by atoms with E-state index in [0.29, 0.717) is 37.9 Å². The molecule has 0 bridgehead atoms. The molecule has 7 nitrogen and oxygen atoms in total. The van der Waals surface area contributed by atoms with Gasteiger partial charge in [-0.15, -0.1) is 5.10 Å². The molecule has 0 aliphatic carbocycles. The Morgan fingerprint density at radius 2 is 1.96 bits per heavy atom. The highest BCUT2D eigenvalue weighted by molar-refractivity contribution is 5.93. The molecule has 2 aromatic heterocycles. The lowest BCUT2D eigenvalue weighted by Crippen LogP contribution is -2.31. The average molecular weight is 364 g/mol. The Morgan fingerprint density at radius 1 is 1.11 bits per heavy atom. The van der Waals surface area contributed by atoms with E-state index in [1.165, 1.54) is 0 Å². The van der Waals surface area contributed by atoms with Crippen molar-refractivity contribution >= 4 is 11.7 Å². The predicted molar refractivity (Wildman–Crippen MR) is 101 cm³/mol. The second kappa shape index (κ2) is 7.59. The third-order valence-electron chi connectivity index (χ3n) is 4.44. The molecule has 1 aliphatic rings. The van der Waals surface area contributed by atoms with E-state index < -0.39 is 0 Å². The number of benzene rings is 1. The molecule has 0 saturated carbocycles. The minimum Gasteiger partial charge on any atom is -0.481 e. The van der Waals surface area contributed by atoms with Gasteiger partial charge in [0.05, 0.1) is 50.9 Å². The Labute approximate surface area is 157 Å². The second-order valence-electron chi connectivity index (χ2n) is 6.13. The third-order valence-corrected chi connectivity index (χ3v) is 4.44. The lowest BCUT2D eigenvalue weighted by atomic mass is 10.1. The number of nitrogens with zero attached hydrogens (tertiary/aromatic N) is 4. The van der Waals surface area contributed by atoms with Gasteiger partial charge in [0.25, 0.3) is 0 Å². The van der Waals surface area contributed by atoms with Crippen molar-refractivity contribution < 1.29 is 14.3 Å². The highest BCUT2D eigenvalue weighted by Crippen LogP contribution is 2.28. The Balaban J connectivity index is 1.80.